The molecule has 2 heterocycles. The summed E-state index contributed by atoms with van der Waals surface area (Å²) in [7, 11) is 0. The molecule has 2 fully saturated rings. The Morgan fingerprint density at radius 3 is 2.11 bits per heavy atom. The molecule has 104 valence electrons. The fraction of sp³-hybridized carbons (Fsp3) is 0.929. The van der Waals surface area contributed by atoms with E-state index >= 15 is 0 Å². The second-order valence-corrected chi connectivity index (χ2v) is 6.59. The minimum atomic E-state index is 0.113. The zero-order chi connectivity index (χ0) is 13.3. The van der Waals surface area contributed by atoms with Gasteiger partial charge in [-0.15, -0.1) is 0 Å². The second-order valence-electron chi connectivity index (χ2n) is 6.59. The van der Waals surface area contributed by atoms with E-state index in [1.54, 1.807) is 0 Å². The smallest absolute Gasteiger partial charge is 0.317 e. The molecule has 0 saturated carbocycles. The van der Waals surface area contributed by atoms with Crippen molar-refractivity contribution in [1.29, 1.82) is 0 Å². The third-order valence-corrected chi connectivity index (χ3v) is 4.34. The van der Waals surface area contributed by atoms with Crippen LogP contribution in [-0.2, 0) is 0 Å². The van der Waals surface area contributed by atoms with Crippen molar-refractivity contribution in [2.45, 2.75) is 52.6 Å². The van der Waals surface area contributed by atoms with Gasteiger partial charge in [0.05, 0.1) is 0 Å². The molecule has 2 saturated heterocycles. The largest absolute Gasteiger partial charge is 0.336 e. The lowest BCUT2D eigenvalue weighted by Crippen LogP contribution is -2.64. The first-order valence-electron chi connectivity index (χ1n) is 7.21. The fourth-order valence-corrected chi connectivity index (χ4v) is 3.08. The van der Waals surface area contributed by atoms with E-state index in [1.807, 2.05) is 18.7 Å². The van der Waals surface area contributed by atoms with Gasteiger partial charge in [-0.3, -0.25) is 0 Å². The molecule has 0 unspecified atom stereocenters. The zero-order valence-corrected chi connectivity index (χ0v) is 12.2. The van der Waals surface area contributed by atoms with Crippen LogP contribution in [0.2, 0.25) is 0 Å². The molecule has 18 heavy (non-hydrogen) atoms. The third-order valence-electron chi connectivity index (χ3n) is 4.34. The summed E-state index contributed by atoms with van der Waals surface area (Å²) >= 11 is 0. The number of carbonyl (C=O) groups excluding carboxylic acids is 1. The number of hydrogen-bond acceptors (Lipinski definition) is 2. The molecule has 4 nitrogen and oxygen atoms in total. The monoisotopic (exact) mass is 253 g/mol. The van der Waals surface area contributed by atoms with Crippen LogP contribution in [0.5, 0.6) is 0 Å². The van der Waals surface area contributed by atoms with Gasteiger partial charge in [0.1, 0.15) is 0 Å². The zero-order valence-electron chi connectivity index (χ0n) is 12.2. The van der Waals surface area contributed by atoms with Gasteiger partial charge in [0, 0.05) is 30.6 Å². The number of likely N-dealkylation sites (tertiary alicyclic amines) is 2. The Morgan fingerprint density at radius 1 is 1.11 bits per heavy atom. The molecular formula is C14H27N3O. The summed E-state index contributed by atoms with van der Waals surface area (Å²) in [5, 5.41) is 2.97. The summed E-state index contributed by atoms with van der Waals surface area (Å²) in [6.45, 7) is 12.8. The summed E-state index contributed by atoms with van der Waals surface area (Å²) in [5.74, 6) is 0. The van der Waals surface area contributed by atoms with Gasteiger partial charge in [0.15, 0.2) is 0 Å². The van der Waals surface area contributed by atoms with Crippen LogP contribution in [0.15, 0.2) is 0 Å². The topological polar surface area (TPSA) is 35.6 Å². The maximum atomic E-state index is 11.8. The Hall–Kier alpha value is -0.770. The van der Waals surface area contributed by atoms with Gasteiger partial charge in [-0.05, 0) is 53.6 Å². The predicted molar refractivity (Wildman–Crippen MR) is 73.6 cm³/mol. The molecule has 0 aliphatic carbocycles. The number of nitrogens with zero attached hydrogens (tertiary/aromatic N) is 2. The molecule has 2 rings (SSSR count). The molecular weight excluding hydrogens is 226 g/mol. The minimum absolute atomic E-state index is 0.113. The van der Waals surface area contributed by atoms with Crippen molar-refractivity contribution in [3.8, 4) is 0 Å². The van der Waals surface area contributed by atoms with Crippen LogP contribution in [0.4, 0.5) is 4.79 Å². The molecule has 2 amide bonds. The summed E-state index contributed by atoms with van der Waals surface area (Å²) in [4.78, 5) is 16.3. The number of nitrogens with one attached hydrogen (secondary N) is 1. The number of amides is 2. The normalized spacial score (nSPS) is 23.6. The minimum Gasteiger partial charge on any atom is -0.336 e. The highest BCUT2D eigenvalue weighted by Gasteiger charge is 2.46. The Labute approximate surface area is 111 Å². The lowest BCUT2D eigenvalue weighted by Gasteiger charge is -2.54. The summed E-state index contributed by atoms with van der Waals surface area (Å²) < 4.78 is 0. The highest BCUT2D eigenvalue weighted by atomic mass is 16.2. The fourth-order valence-electron chi connectivity index (χ4n) is 3.08. The highest BCUT2D eigenvalue weighted by molar-refractivity contribution is 5.75. The van der Waals surface area contributed by atoms with Crippen molar-refractivity contribution >= 4 is 6.03 Å². The van der Waals surface area contributed by atoms with Gasteiger partial charge < -0.3 is 15.1 Å². The number of rotatable bonds is 2. The van der Waals surface area contributed by atoms with Crippen molar-refractivity contribution in [1.82, 2.24) is 15.1 Å². The first kappa shape index (κ1) is 13.7. The molecule has 0 atom stereocenters. The number of carbonyl (C=O) groups is 1. The first-order valence-corrected chi connectivity index (χ1v) is 7.21. The van der Waals surface area contributed by atoms with Crippen LogP contribution < -0.4 is 5.32 Å². The number of urea groups is 1. The molecule has 0 aromatic rings. The highest BCUT2D eigenvalue weighted by Crippen LogP contribution is 2.40. The molecule has 1 N–H and O–H groups in total. The molecule has 2 aliphatic rings. The standard InChI is InChI=1S/C14H27N3O/c1-11(2)15-13(18)17-9-14(10-17)5-7-16(8-6-14)12(3)4/h11-12H,5-10H2,1-4H3,(H,15,18). The van der Waals surface area contributed by atoms with E-state index in [4.69, 9.17) is 0 Å². The van der Waals surface area contributed by atoms with Crippen LogP contribution in [-0.4, -0.2) is 54.1 Å². The molecule has 1 spiro atoms. The molecule has 0 aromatic heterocycles. The maximum Gasteiger partial charge on any atom is 0.317 e. The SMILES string of the molecule is CC(C)NC(=O)N1CC2(CCN(C(C)C)CC2)C1. The van der Waals surface area contributed by atoms with Crippen molar-refractivity contribution in [3.63, 3.8) is 0 Å². The van der Waals surface area contributed by atoms with Crippen LogP contribution >= 0.6 is 0 Å². The lowest BCUT2D eigenvalue weighted by molar-refractivity contribution is -0.0279. The Morgan fingerprint density at radius 2 is 1.67 bits per heavy atom. The van der Waals surface area contributed by atoms with E-state index in [0.29, 0.717) is 11.5 Å². The summed E-state index contributed by atoms with van der Waals surface area (Å²) in [5.41, 5.74) is 0.430. The average molecular weight is 253 g/mol. The van der Waals surface area contributed by atoms with Crippen molar-refractivity contribution in [3.05, 3.63) is 0 Å². The van der Waals surface area contributed by atoms with Crippen LogP contribution in [0, 0.1) is 5.41 Å². The van der Waals surface area contributed by atoms with Crippen molar-refractivity contribution in [2.24, 2.45) is 5.41 Å². The predicted octanol–water partition coefficient (Wildman–Crippen LogP) is 1.91. The van der Waals surface area contributed by atoms with Crippen LogP contribution in [0.25, 0.3) is 0 Å². The third kappa shape index (κ3) is 2.79. The Balaban J connectivity index is 1.77. The van der Waals surface area contributed by atoms with Gasteiger partial charge in [-0.2, -0.15) is 0 Å². The molecule has 2 aliphatic heterocycles. The second kappa shape index (κ2) is 5.08. The number of hydrogen-bond donors (Lipinski definition) is 1. The summed E-state index contributed by atoms with van der Waals surface area (Å²) in [6.07, 6.45) is 2.49. The van der Waals surface area contributed by atoms with Crippen LogP contribution in [0.3, 0.4) is 0 Å². The van der Waals surface area contributed by atoms with E-state index in [1.165, 1.54) is 25.9 Å². The molecule has 0 bridgehead atoms. The molecule has 4 heteroatoms. The van der Waals surface area contributed by atoms with E-state index in [0.717, 1.165) is 13.1 Å². The van der Waals surface area contributed by atoms with E-state index in [2.05, 4.69) is 24.1 Å². The number of piperidine rings is 1. The first-order chi connectivity index (χ1) is 8.42. The summed E-state index contributed by atoms with van der Waals surface area (Å²) in [6, 6.07) is 1.00. The van der Waals surface area contributed by atoms with E-state index < -0.39 is 0 Å². The van der Waals surface area contributed by atoms with Crippen LogP contribution in [0.1, 0.15) is 40.5 Å². The van der Waals surface area contributed by atoms with Crippen molar-refractivity contribution < 1.29 is 4.79 Å². The molecule has 0 aromatic carbocycles. The van der Waals surface area contributed by atoms with Gasteiger partial charge in [0.2, 0.25) is 0 Å². The average Bonchev–Trinajstić information content (AvgIpc) is 2.24. The van der Waals surface area contributed by atoms with Gasteiger partial charge in [-0.1, -0.05) is 0 Å². The maximum absolute atomic E-state index is 11.8. The Kier molecular flexibility index (Phi) is 3.85. The lowest BCUT2D eigenvalue weighted by atomic mass is 9.72. The van der Waals surface area contributed by atoms with E-state index in [9.17, 15) is 4.79 Å². The molecule has 0 radical (unpaired) electrons. The van der Waals surface area contributed by atoms with Crippen molar-refractivity contribution in [2.75, 3.05) is 26.2 Å². The van der Waals surface area contributed by atoms with E-state index in [-0.39, 0.29) is 12.1 Å². The quantitative estimate of drug-likeness (QED) is 0.816. The van der Waals surface area contributed by atoms with Gasteiger partial charge >= 0.3 is 6.03 Å². The van der Waals surface area contributed by atoms with Gasteiger partial charge in [0.25, 0.3) is 0 Å². The van der Waals surface area contributed by atoms with Gasteiger partial charge in [-0.25, -0.2) is 4.79 Å². The Bertz CT molecular complexity index is 298.